The summed E-state index contributed by atoms with van der Waals surface area (Å²) in [4.78, 5) is 36.4. The highest BCUT2D eigenvalue weighted by Gasteiger charge is 2.22. The lowest BCUT2D eigenvalue weighted by molar-refractivity contribution is -0.384. The molecule has 1 aliphatic heterocycles. The number of carbonyl (C=O) groups is 2. The lowest BCUT2D eigenvalue weighted by Gasteiger charge is -2.18. The molecular formula is C20H22N4O5. The number of carbonyl (C=O) groups excluding carboxylic acids is 2. The molecule has 29 heavy (non-hydrogen) atoms. The van der Waals surface area contributed by atoms with Crippen LogP contribution in [0.5, 0.6) is 5.75 Å². The van der Waals surface area contributed by atoms with Crippen LogP contribution in [0.1, 0.15) is 19.8 Å². The third-order valence-electron chi connectivity index (χ3n) is 4.68. The van der Waals surface area contributed by atoms with Gasteiger partial charge in [-0.3, -0.25) is 19.7 Å². The van der Waals surface area contributed by atoms with Gasteiger partial charge in [-0.1, -0.05) is 0 Å². The molecule has 1 atom stereocenters. The molecule has 1 heterocycles. The summed E-state index contributed by atoms with van der Waals surface area (Å²) in [5.41, 5.74) is 1.80. The molecule has 0 spiro atoms. The Balaban J connectivity index is 1.63. The minimum atomic E-state index is -0.575. The van der Waals surface area contributed by atoms with Gasteiger partial charge in [0.1, 0.15) is 11.8 Å². The molecule has 0 aliphatic carbocycles. The lowest BCUT2D eigenvalue weighted by Crippen LogP contribution is -2.32. The number of anilines is 3. The maximum absolute atomic E-state index is 12.5. The molecule has 0 radical (unpaired) electrons. The zero-order valence-electron chi connectivity index (χ0n) is 16.2. The Morgan fingerprint density at radius 3 is 2.55 bits per heavy atom. The van der Waals surface area contributed by atoms with E-state index in [0.717, 1.165) is 24.3 Å². The Labute approximate surface area is 167 Å². The molecule has 1 saturated heterocycles. The second-order valence-electron chi connectivity index (χ2n) is 6.69. The van der Waals surface area contributed by atoms with Gasteiger partial charge in [-0.05, 0) is 43.7 Å². The third-order valence-corrected chi connectivity index (χ3v) is 4.68. The summed E-state index contributed by atoms with van der Waals surface area (Å²) < 4.78 is 5.13. The fourth-order valence-corrected chi connectivity index (χ4v) is 3.11. The minimum absolute atomic E-state index is 0.121. The number of methoxy groups -OCH3 is 1. The maximum atomic E-state index is 12.5. The standard InChI is InChI=1S/C20H22N4O5/c1-13(20(26)22-17-10-9-16(24(27)28)12-18(17)29-2)21-14-5-7-15(8-6-14)23-11-3-4-19(23)25/h5-10,12-13,21H,3-4,11H2,1-2H3,(H,22,26)/t13-/m1/s1. The first-order valence-corrected chi connectivity index (χ1v) is 9.19. The molecule has 2 amide bonds. The van der Waals surface area contributed by atoms with Gasteiger partial charge in [0.25, 0.3) is 5.69 Å². The lowest BCUT2D eigenvalue weighted by atomic mass is 10.2. The van der Waals surface area contributed by atoms with Crippen LogP contribution < -0.4 is 20.3 Å². The normalized spacial score (nSPS) is 14.4. The summed E-state index contributed by atoms with van der Waals surface area (Å²) >= 11 is 0. The van der Waals surface area contributed by atoms with Gasteiger partial charge in [-0.2, -0.15) is 0 Å². The van der Waals surface area contributed by atoms with Crippen LogP contribution in [0.3, 0.4) is 0 Å². The van der Waals surface area contributed by atoms with E-state index in [1.54, 1.807) is 11.8 Å². The van der Waals surface area contributed by atoms with Gasteiger partial charge < -0.3 is 20.3 Å². The number of rotatable bonds is 7. The van der Waals surface area contributed by atoms with Crippen LogP contribution in [0.4, 0.5) is 22.7 Å². The van der Waals surface area contributed by atoms with E-state index in [4.69, 9.17) is 4.74 Å². The summed E-state index contributed by atoms with van der Waals surface area (Å²) in [5.74, 6) is 0.00540. The second kappa shape index (κ2) is 8.59. The van der Waals surface area contributed by atoms with Crippen LogP contribution in [-0.2, 0) is 9.59 Å². The van der Waals surface area contributed by atoms with Crippen molar-refractivity contribution in [2.45, 2.75) is 25.8 Å². The van der Waals surface area contributed by atoms with E-state index in [-0.39, 0.29) is 23.3 Å². The largest absolute Gasteiger partial charge is 0.494 e. The predicted octanol–water partition coefficient (Wildman–Crippen LogP) is 3.17. The average Bonchev–Trinajstić information content (AvgIpc) is 3.14. The van der Waals surface area contributed by atoms with Crippen LogP contribution >= 0.6 is 0 Å². The number of amides is 2. The van der Waals surface area contributed by atoms with Crippen LogP contribution in [0.25, 0.3) is 0 Å². The molecule has 0 saturated carbocycles. The van der Waals surface area contributed by atoms with Gasteiger partial charge in [0.2, 0.25) is 11.8 Å². The highest BCUT2D eigenvalue weighted by molar-refractivity contribution is 5.98. The molecule has 3 rings (SSSR count). The number of ether oxygens (including phenoxy) is 1. The summed E-state index contributed by atoms with van der Waals surface area (Å²) in [6.07, 6.45) is 1.44. The number of nitro benzene ring substituents is 1. The Hall–Kier alpha value is -3.62. The molecule has 9 nitrogen and oxygen atoms in total. The molecule has 2 N–H and O–H groups in total. The fourth-order valence-electron chi connectivity index (χ4n) is 3.11. The summed E-state index contributed by atoms with van der Waals surface area (Å²) in [5, 5.41) is 16.7. The average molecular weight is 398 g/mol. The monoisotopic (exact) mass is 398 g/mol. The molecule has 2 aromatic carbocycles. The van der Waals surface area contributed by atoms with Crippen molar-refractivity contribution >= 4 is 34.6 Å². The highest BCUT2D eigenvalue weighted by atomic mass is 16.6. The van der Waals surface area contributed by atoms with E-state index in [0.29, 0.717) is 12.1 Å². The quantitative estimate of drug-likeness (QED) is 0.547. The maximum Gasteiger partial charge on any atom is 0.273 e. The van der Waals surface area contributed by atoms with Crippen molar-refractivity contribution in [3.8, 4) is 5.75 Å². The van der Waals surface area contributed by atoms with E-state index < -0.39 is 11.0 Å². The molecule has 9 heteroatoms. The Kier molecular flexibility index (Phi) is 5.96. The van der Waals surface area contributed by atoms with Gasteiger partial charge in [0.05, 0.1) is 23.8 Å². The molecule has 0 bridgehead atoms. The molecule has 1 aliphatic rings. The van der Waals surface area contributed by atoms with Crippen molar-refractivity contribution < 1.29 is 19.2 Å². The van der Waals surface area contributed by atoms with Crippen molar-refractivity contribution in [1.82, 2.24) is 0 Å². The predicted molar refractivity (Wildman–Crippen MR) is 109 cm³/mol. The number of nitrogens with one attached hydrogen (secondary N) is 2. The first-order chi connectivity index (χ1) is 13.9. The van der Waals surface area contributed by atoms with E-state index in [9.17, 15) is 19.7 Å². The van der Waals surface area contributed by atoms with Gasteiger partial charge in [0, 0.05) is 30.4 Å². The van der Waals surface area contributed by atoms with Gasteiger partial charge >= 0.3 is 0 Å². The molecule has 2 aromatic rings. The van der Waals surface area contributed by atoms with Crippen molar-refractivity contribution in [2.75, 3.05) is 29.2 Å². The van der Waals surface area contributed by atoms with E-state index in [1.165, 1.54) is 25.3 Å². The Morgan fingerprint density at radius 1 is 1.24 bits per heavy atom. The number of hydrogen-bond acceptors (Lipinski definition) is 6. The summed E-state index contributed by atoms with van der Waals surface area (Å²) in [6, 6.07) is 10.7. The molecule has 0 unspecified atom stereocenters. The van der Waals surface area contributed by atoms with Gasteiger partial charge in [0.15, 0.2) is 0 Å². The van der Waals surface area contributed by atoms with Crippen molar-refractivity contribution in [1.29, 1.82) is 0 Å². The molecular weight excluding hydrogens is 376 g/mol. The fraction of sp³-hybridized carbons (Fsp3) is 0.300. The van der Waals surface area contributed by atoms with E-state index >= 15 is 0 Å². The Morgan fingerprint density at radius 2 is 1.97 bits per heavy atom. The van der Waals surface area contributed by atoms with Crippen LogP contribution in [-0.4, -0.2) is 36.4 Å². The molecule has 152 valence electrons. The van der Waals surface area contributed by atoms with Crippen LogP contribution in [0.2, 0.25) is 0 Å². The molecule has 0 aromatic heterocycles. The smallest absolute Gasteiger partial charge is 0.273 e. The highest BCUT2D eigenvalue weighted by Crippen LogP contribution is 2.29. The number of nitro groups is 1. The third kappa shape index (κ3) is 4.63. The summed E-state index contributed by atoms with van der Waals surface area (Å²) in [6.45, 7) is 2.42. The minimum Gasteiger partial charge on any atom is -0.494 e. The SMILES string of the molecule is COc1cc([N+](=O)[O-])ccc1NC(=O)[C@@H](C)Nc1ccc(N2CCCC2=O)cc1. The zero-order valence-corrected chi connectivity index (χ0v) is 16.2. The Bertz CT molecular complexity index is 929. The topological polar surface area (TPSA) is 114 Å². The van der Waals surface area contributed by atoms with Crippen molar-refractivity contribution in [3.05, 3.63) is 52.6 Å². The van der Waals surface area contributed by atoms with Gasteiger partial charge in [-0.15, -0.1) is 0 Å². The van der Waals surface area contributed by atoms with Crippen LogP contribution in [0.15, 0.2) is 42.5 Å². The number of benzene rings is 2. The van der Waals surface area contributed by atoms with Crippen LogP contribution in [0, 0.1) is 10.1 Å². The first kappa shape index (κ1) is 20.1. The number of hydrogen-bond donors (Lipinski definition) is 2. The molecule has 1 fully saturated rings. The number of non-ortho nitro benzene ring substituents is 1. The number of nitrogens with zero attached hydrogens (tertiary/aromatic N) is 2. The first-order valence-electron chi connectivity index (χ1n) is 9.19. The van der Waals surface area contributed by atoms with Crippen molar-refractivity contribution in [3.63, 3.8) is 0 Å². The second-order valence-corrected chi connectivity index (χ2v) is 6.69. The van der Waals surface area contributed by atoms with E-state index in [1.807, 2.05) is 24.3 Å². The summed E-state index contributed by atoms with van der Waals surface area (Å²) in [7, 11) is 1.38. The van der Waals surface area contributed by atoms with Crippen molar-refractivity contribution in [2.24, 2.45) is 0 Å². The van der Waals surface area contributed by atoms with E-state index in [2.05, 4.69) is 10.6 Å². The zero-order chi connectivity index (χ0) is 21.0. The van der Waals surface area contributed by atoms with Gasteiger partial charge in [-0.25, -0.2) is 0 Å².